The van der Waals surface area contributed by atoms with Gasteiger partial charge in [-0.05, 0) is 36.6 Å². The second-order valence-electron chi connectivity index (χ2n) is 7.39. The molecule has 3 heteroatoms. The summed E-state index contributed by atoms with van der Waals surface area (Å²) in [6.45, 7) is 5.37. The van der Waals surface area contributed by atoms with Gasteiger partial charge in [-0.25, -0.2) is 0 Å². The number of hydrogen-bond acceptors (Lipinski definition) is 2. The van der Waals surface area contributed by atoms with E-state index in [4.69, 9.17) is 5.21 Å². The molecule has 0 aliphatic rings. The summed E-state index contributed by atoms with van der Waals surface area (Å²) in [5, 5.41) is 13.5. The molecule has 3 nitrogen and oxygen atoms in total. The first-order valence-corrected chi connectivity index (χ1v) is 10.1. The van der Waals surface area contributed by atoms with Crippen LogP contribution in [0.5, 0.6) is 0 Å². The highest BCUT2D eigenvalue weighted by Gasteiger charge is 2.09. The third-order valence-corrected chi connectivity index (χ3v) is 5.21. The van der Waals surface area contributed by atoms with Crippen LogP contribution in [0.4, 0.5) is 0 Å². The van der Waals surface area contributed by atoms with Crippen molar-refractivity contribution in [3.8, 4) is 11.1 Å². The first-order valence-electron chi connectivity index (χ1n) is 10.1. The molecule has 0 saturated heterocycles. The van der Waals surface area contributed by atoms with Gasteiger partial charge in [0, 0.05) is 29.2 Å². The van der Waals surface area contributed by atoms with Gasteiger partial charge in [-0.2, -0.15) is 0 Å². The lowest BCUT2D eigenvalue weighted by Gasteiger charge is -2.07. The lowest BCUT2D eigenvalue weighted by Crippen LogP contribution is -1.96. The second kappa shape index (κ2) is 9.40. The molecule has 0 unspecified atom stereocenters. The van der Waals surface area contributed by atoms with Crippen LogP contribution >= 0.6 is 0 Å². The minimum absolute atomic E-state index is 0.966. The Morgan fingerprint density at radius 2 is 1.74 bits per heavy atom. The average molecular weight is 363 g/mol. The van der Waals surface area contributed by atoms with Crippen LogP contribution in [-0.2, 0) is 6.54 Å². The predicted octanol–water partition coefficient (Wildman–Crippen LogP) is 6.79. The fraction of sp³-hybridized carbons (Fsp3) is 0.375. The van der Waals surface area contributed by atoms with E-state index in [9.17, 15) is 0 Å². The smallest absolute Gasteiger partial charge is 0.0755 e. The van der Waals surface area contributed by atoms with Gasteiger partial charge in [0.05, 0.1) is 6.21 Å². The molecule has 0 aliphatic heterocycles. The lowest BCUT2D eigenvalue weighted by atomic mass is 10.0. The molecule has 0 bridgehead atoms. The number of unbranched alkanes of at least 4 members (excludes halogenated alkanes) is 5. The average Bonchev–Trinajstić information content (AvgIpc) is 3.02. The van der Waals surface area contributed by atoms with Gasteiger partial charge in [-0.3, -0.25) is 0 Å². The number of oxime groups is 1. The Kier molecular flexibility index (Phi) is 6.69. The zero-order valence-electron chi connectivity index (χ0n) is 16.5. The molecule has 1 N–H and O–H groups in total. The van der Waals surface area contributed by atoms with E-state index in [-0.39, 0.29) is 0 Å². The molecule has 0 radical (unpaired) electrons. The molecule has 0 spiro atoms. The molecule has 0 saturated carbocycles. The second-order valence-corrected chi connectivity index (χ2v) is 7.39. The molecule has 0 fully saturated rings. The third kappa shape index (κ3) is 4.79. The van der Waals surface area contributed by atoms with E-state index >= 15 is 0 Å². The van der Waals surface area contributed by atoms with Crippen molar-refractivity contribution in [3.05, 3.63) is 59.8 Å². The van der Waals surface area contributed by atoms with Crippen molar-refractivity contribution in [1.29, 1.82) is 0 Å². The van der Waals surface area contributed by atoms with E-state index in [0.29, 0.717) is 0 Å². The maximum absolute atomic E-state index is 9.07. The molecule has 0 amide bonds. The molecular formula is C24H30N2O. The standard InChI is InChI=1S/C24H30N2O/c1-3-4-5-6-7-8-14-26-18-22(17-25-27)23-16-21(12-13-24(23)26)20-11-9-10-19(2)15-20/h9-13,15-18,27H,3-8,14H2,1-2H3/b25-17+. The van der Waals surface area contributed by atoms with Gasteiger partial charge in [0.2, 0.25) is 0 Å². The van der Waals surface area contributed by atoms with Crippen LogP contribution in [-0.4, -0.2) is 16.0 Å². The summed E-state index contributed by atoms with van der Waals surface area (Å²) in [7, 11) is 0. The molecule has 1 aromatic heterocycles. The van der Waals surface area contributed by atoms with Crippen LogP contribution in [0.2, 0.25) is 0 Å². The van der Waals surface area contributed by atoms with Gasteiger partial charge in [-0.15, -0.1) is 0 Å². The van der Waals surface area contributed by atoms with Crippen LogP contribution in [0.25, 0.3) is 22.0 Å². The van der Waals surface area contributed by atoms with Crippen molar-refractivity contribution < 1.29 is 5.21 Å². The number of hydrogen-bond donors (Lipinski definition) is 1. The van der Waals surface area contributed by atoms with E-state index in [1.54, 1.807) is 6.21 Å². The van der Waals surface area contributed by atoms with Crippen LogP contribution in [0, 0.1) is 6.92 Å². The van der Waals surface area contributed by atoms with Crippen molar-refractivity contribution in [2.75, 3.05) is 0 Å². The highest BCUT2D eigenvalue weighted by Crippen LogP contribution is 2.28. The van der Waals surface area contributed by atoms with Gasteiger partial charge in [-0.1, -0.05) is 80.1 Å². The summed E-state index contributed by atoms with van der Waals surface area (Å²) in [6.07, 6.45) is 11.4. The molecule has 3 aromatic rings. The summed E-state index contributed by atoms with van der Waals surface area (Å²) in [4.78, 5) is 0. The van der Waals surface area contributed by atoms with Crippen molar-refractivity contribution in [1.82, 2.24) is 4.57 Å². The summed E-state index contributed by atoms with van der Waals surface area (Å²) in [5.41, 5.74) is 5.83. The predicted molar refractivity (Wildman–Crippen MR) is 115 cm³/mol. The largest absolute Gasteiger partial charge is 0.411 e. The van der Waals surface area contributed by atoms with E-state index in [0.717, 1.165) is 17.5 Å². The van der Waals surface area contributed by atoms with Crippen LogP contribution in [0.1, 0.15) is 56.6 Å². The number of benzene rings is 2. The number of aryl methyl sites for hydroxylation is 2. The maximum Gasteiger partial charge on any atom is 0.0755 e. The quantitative estimate of drug-likeness (QED) is 0.194. The highest BCUT2D eigenvalue weighted by molar-refractivity contribution is 6.01. The van der Waals surface area contributed by atoms with Crippen LogP contribution in [0.3, 0.4) is 0 Å². The molecule has 142 valence electrons. The maximum atomic E-state index is 9.07. The van der Waals surface area contributed by atoms with E-state index in [2.05, 4.69) is 72.2 Å². The SMILES string of the molecule is CCCCCCCCn1cc(/C=N/O)c2cc(-c3cccc(C)c3)ccc21. The number of fused-ring (bicyclic) bond motifs is 1. The molecular weight excluding hydrogens is 332 g/mol. The Morgan fingerprint density at radius 3 is 2.52 bits per heavy atom. The van der Waals surface area contributed by atoms with Crippen molar-refractivity contribution in [3.63, 3.8) is 0 Å². The van der Waals surface area contributed by atoms with E-state index < -0.39 is 0 Å². The fourth-order valence-corrected chi connectivity index (χ4v) is 3.74. The summed E-state index contributed by atoms with van der Waals surface area (Å²) < 4.78 is 2.30. The Balaban J connectivity index is 1.84. The third-order valence-electron chi connectivity index (χ3n) is 5.21. The number of nitrogens with zero attached hydrogens (tertiary/aromatic N) is 2. The van der Waals surface area contributed by atoms with Crippen LogP contribution in [0.15, 0.2) is 53.8 Å². The van der Waals surface area contributed by atoms with Gasteiger partial charge in [0.25, 0.3) is 0 Å². The van der Waals surface area contributed by atoms with Gasteiger partial charge < -0.3 is 9.77 Å². The Morgan fingerprint density at radius 1 is 0.963 bits per heavy atom. The zero-order valence-corrected chi connectivity index (χ0v) is 16.5. The van der Waals surface area contributed by atoms with Crippen molar-refractivity contribution in [2.45, 2.75) is 58.9 Å². The minimum atomic E-state index is 0.966. The summed E-state index contributed by atoms with van der Waals surface area (Å²) in [5.74, 6) is 0. The normalized spacial score (nSPS) is 11.6. The molecule has 0 aliphatic carbocycles. The first-order chi connectivity index (χ1) is 13.2. The van der Waals surface area contributed by atoms with Crippen LogP contribution < -0.4 is 0 Å². The Labute approximate surface area is 162 Å². The highest BCUT2D eigenvalue weighted by atomic mass is 16.4. The molecule has 3 rings (SSSR count). The van der Waals surface area contributed by atoms with Gasteiger partial charge in [0.15, 0.2) is 0 Å². The Bertz CT molecular complexity index is 908. The summed E-state index contributed by atoms with van der Waals surface area (Å²) in [6, 6.07) is 15.1. The number of aromatic nitrogens is 1. The number of rotatable bonds is 9. The zero-order chi connectivity index (χ0) is 19.1. The Hall–Kier alpha value is -2.55. The van der Waals surface area contributed by atoms with Crippen molar-refractivity contribution >= 4 is 17.1 Å². The minimum Gasteiger partial charge on any atom is -0.411 e. The van der Waals surface area contributed by atoms with E-state index in [1.807, 2.05) is 0 Å². The first kappa shape index (κ1) is 19.2. The summed E-state index contributed by atoms with van der Waals surface area (Å²) >= 11 is 0. The van der Waals surface area contributed by atoms with Crippen molar-refractivity contribution in [2.24, 2.45) is 5.16 Å². The lowest BCUT2D eigenvalue weighted by molar-refractivity contribution is 0.322. The molecule has 27 heavy (non-hydrogen) atoms. The fourth-order valence-electron chi connectivity index (χ4n) is 3.74. The topological polar surface area (TPSA) is 37.5 Å². The monoisotopic (exact) mass is 362 g/mol. The molecule has 1 heterocycles. The van der Waals surface area contributed by atoms with Gasteiger partial charge in [0.1, 0.15) is 0 Å². The van der Waals surface area contributed by atoms with E-state index in [1.165, 1.54) is 60.7 Å². The molecule has 2 aromatic carbocycles. The van der Waals surface area contributed by atoms with Gasteiger partial charge >= 0.3 is 0 Å². The molecule has 0 atom stereocenters.